The predicted octanol–water partition coefficient (Wildman–Crippen LogP) is 4.79. The van der Waals surface area contributed by atoms with Crippen molar-refractivity contribution in [3.8, 4) is 28.7 Å². The molecular weight excluding hydrogens is 382 g/mol. The quantitative estimate of drug-likeness (QED) is 0.610. The molecule has 0 bridgehead atoms. The van der Waals surface area contributed by atoms with E-state index in [2.05, 4.69) is 23.5 Å². The van der Waals surface area contributed by atoms with Crippen LogP contribution in [-0.4, -0.2) is 27.2 Å². The summed E-state index contributed by atoms with van der Waals surface area (Å²) in [4.78, 5) is 0. The first-order chi connectivity index (χ1) is 14.8. The molecule has 2 heterocycles. The fourth-order valence-corrected chi connectivity index (χ4v) is 3.95. The van der Waals surface area contributed by atoms with Gasteiger partial charge in [0.2, 0.25) is 13.6 Å². The van der Waals surface area contributed by atoms with Crippen molar-refractivity contribution in [1.29, 1.82) is 0 Å². The van der Waals surface area contributed by atoms with Crippen molar-refractivity contribution in [1.82, 2.24) is 0 Å². The second-order valence-corrected chi connectivity index (χ2v) is 7.19. The smallest absolute Gasteiger partial charge is 0.231 e. The number of para-hydroxylation sites is 1. The van der Waals surface area contributed by atoms with Crippen molar-refractivity contribution in [3.05, 3.63) is 71.8 Å². The van der Waals surface area contributed by atoms with Crippen molar-refractivity contribution in [2.75, 3.05) is 32.6 Å². The second kappa shape index (κ2) is 8.06. The number of fused-ring (bicyclic) bond motifs is 2. The Bertz CT molecular complexity index is 1050. The van der Waals surface area contributed by atoms with Gasteiger partial charge in [0, 0.05) is 29.8 Å². The van der Waals surface area contributed by atoms with Crippen LogP contribution in [0.15, 0.2) is 60.7 Å². The minimum atomic E-state index is 0.136. The number of rotatable bonds is 7. The van der Waals surface area contributed by atoms with E-state index in [4.69, 9.17) is 23.7 Å². The van der Waals surface area contributed by atoms with Gasteiger partial charge >= 0.3 is 0 Å². The van der Waals surface area contributed by atoms with Crippen LogP contribution in [0.2, 0.25) is 0 Å². The van der Waals surface area contributed by atoms with Crippen LogP contribution in [0.1, 0.15) is 23.5 Å². The zero-order valence-electron chi connectivity index (χ0n) is 16.7. The molecule has 0 fully saturated rings. The topological polar surface area (TPSA) is 58.2 Å². The van der Waals surface area contributed by atoms with Crippen LogP contribution in [0.5, 0.6) is 28.7 Å². The molecular formula is C24H23NO5. The molecule has 0 radical (unpaired) electrons. The predicted molar refractivity (Wildman–Crippen MR) is 113 cm³/mol. The molecule has 2 aliphatic heterocycles. The molecule has 154 valence electrons. The molecule has 0 saturated carbocycles. The number of benzene rings is 3. The van der Waals surface area contributed by atoms with E-state index < -0.39 is 0 Å². The maximum Gasteiger partial charge on any atom is 0.231 e. The molecule has 6 heteroatoms. The van der Waals surface area contributed by atoms with Gasteiger partial charge in [-0.2, -0.15) is 0 Å². The van der Waals surface area contributed by atoms with E-state index in [1.54, 1.807) is 7.11 Å². The van der Waals surface area contributed by atoms with Gasteiger partial charge < -0.3 is 29.0 Å². The van der Waals surface area contributed by atoms with E-state index >= 15 is 0 Å². The summed E-state index contributed by atoms with van der Waals surface area (Å²) >= 11 is 0. The van der Waals surface area contributed by atoms with E-state index in [-0.39, 0.29) is 19.5 Å². The number of hydrogen-bond acceptors (Lipinski definition) is 6. The summed E-state index contributed by atoms with van der Waals surface area (Å²) in [6, 6.07) is 20.2. The van der Waals surface area contributed by atoms with Crippen molar-refractivity contribution >= 4 is 5.69 Å². The Labute approximate surface area is 175 Å². The first kappa shape index (κ1) is 18.5. The van der Waals surface area contributed by atoms with Gasteiger partial charge in [-0.1, -0.05) is 24.3 Å². The van der Waals surface area contributed by atoms with Crippen LogP contribution in [0.4, 0.5) is 5.69 Å². The Morgan fingerprint density at radius 2 is 1.53 bits per heavy atom. The molecule has 30 heavy (non-hydrogen) atoms. The Hall–Kier alpha value is -3.54. The molecule has 0 aromatic heterocycles. The van der Waals surface area contributed by atoms with Gasteiger partial charge in [0.1, 0.15) is 5.75 Å². The highest BCUT2D eigenvalue weighted by atomic mass is 16.7. The van der Waals surface area contributed by atoms with Crippen LogP contribution in [0, 0.1) is 0 Å². The van der Waals surface area contributed by atoms with Crippen molar-refractivity contribution < 1.29 is 23.7 Å². The molecule has 5 rings (SSSR count). The van der Waals surface area contributed by atoms with E-state index in [0.717, 1.165) is 58.5 Å². The third-order valence-electron chi connectivity index (χ3n) is 5.45. The lowest BCUT2D eigenvalue weighted by Gasteiger charge is -2.21. The molecule has 6 nitrogen and oxygen atoms in total. The molecule has 1 N–H and O–H groups in total. The summed E-state index contributed by atoms with van der Waals surface area (Å²) in [5.41, 5.74) is 3.31. The molecule has 3 aromatic carbocycles. The van der Waals surface area contributed by atoms with Gasteiger partial charge in [0.25, 0.3) is 0 Å². The molecule has 2 aliphatic rings. The van der Waals surface area contributed by atoms with Crippen LogP contribution in [0.3, 0.4) is 0 Å². The summed E-state index contributed by atoms with van der Waals surface area (Å²) in [5, 5.41) is 3.50. The standard InChI is InChI=1S/C24H23NO5/c1-26-20-5-3-2-4-19(20)18(16-6-8-21-23(12-16)29-14-27-21)10-11-25-17-7-9-22-24(13-17)30-15-28-22/h2-9,12-13,18,25H,10-11,14-15H2,1H3/t18-/m1/s1. The van der Waals surface area contributed by atoms with Gasteiger partial charge in [-0.05, 0) is 42.3 Å². The van der Waals surface area contributed by atoms with Crippen LogP contribution in [0.25, 0.3) is 0 Å². The number of methoxy groups -OCH3 is 1. The monoisotopic (exact) mass is 405 g/mol. The maximum atomic E-state index is 5.65. The number of ether oxygens (including phenoxy) is 5. The highest BCUT2D eigenvalue weighted by Crippen LogP contribution is 2.40. The number of nitrogens with one attached hydrogen (secondary N) is 1. The summed E-state index contributed by atoms with van der Waals surface area (Å²) in [6.07, 6.45) is 0.870. The van der Waals surface area contributed by atoms with Gasteiger partial charge in [0.05, 0.1) is 7.11 Å². The number of hydrogen-bond donors (Lipinski definition) is 1. The maximum absolute atomic E-state index is 5.65. The highest BCUT2D eigenvalue weighted by Gasteiger charge is 2.22. The lowest BCUT2D eigenvalue weighted by Crippen LogP contribution is -2.10. The zero-order valence-corrected chi connectivity index (χ0v) is 16.7. The molecule has 0 amide bonds. The van der Waals surface area contributed by atoms with Crippen LogP contribution >= 0.6 is 0 Å². The molecule has 0 saturated heterocycles. The van der Waals surface area contributed by atoms with E-state index in [1.165, 1.54) is 0 Å². The van der Waals surface area contributed by atoms with Gasteiger partial charge in [0.15, 0.2) is 23.0 Å². The first-order valence-corrected chi connectivity index (χ1v) is 9.98. The van der Waals surface area contributed by atoms with Crippen molar-refractivity contribution in [2.45, 2.75) is 12.3 Å². The lowest BCUT2D eigenvalue weighted by molar-refractivity contribution is 0.173. The van der Waals surface area contributed by atoms with Gasteiger partial charge in [-0.25, -0.2) is 0 Å². The lowest BCUT2D eigenvalue weighted by atomic mass is 9.87. The van der Waals surface area contributed by atoms with Crippen molar-refractivity contribution in [3.63, 3.8) is 0 Å². The average Bonchev–Trinajstić information content (AvgIpc) is 3.45. The van der Waals surface area contributed by atoms with Crippen LogP contribution in [-0.2, 0) is 0 Å². The Balaban J connectivity index is 1.38. The molecule has 3 aromatic rings. The van der Waals surface area contributed by atoms with Crippen LogP contribution < -0.4 is 29.0 Å². The van der Waals surface area contributed by atoms with E-state index in [1.807, 2.05) is 42.5 Å². The Morgan fingerprint density at radius 1 is 0.833 bits per heavy atom. The first-order valence-electron chi connectivity index (χ1n) is 9.98. The second-order valence-electron chi connectivity index (χ2n) is 7.19. The molecule has 0 unspecified atom stereocenters. The normalized spacial score (nSPS) is 14.4. The largest absolute Gasteiger partial charge is 0.496 e. The van der Waals surface area contributed by atoms with Crippen molar-refractivity contribution in [2.24, 2.45) is 0 Å². The van der Waals surface area contributed by atoms with E-state index in [9.17, 15) is 0 Å². The summed E-state index contributed by atoms with van der Waals surface area (Å²) < 4.78 is 27.6. The fraction of sp³-hybridized carbons (Fsp3) is 0.250. The van der Waals surface area contributed by atoms with E-state index in [0.29, 0.717) is 0 Å². The SMILES string of the molecule is COc1ccccc1[C@H](CCNc1ccc2c(c1)OCO2)c1ccc2c(c1)OCO2. The summed E-state index contributed by atoms with van der Waals surface area (Å²) in [6.45, 7) is 1.32. The molecule has 0 spiro atoms. The molecule has 0 aliphatic carbocycles. The van der Waals surface area contributed by atoms with Gasteiger partial charge in [-0.3, -0.25) is 0 Å². The third kappa shape index (κ3) is 3.56. The highest BCUT2D eigenvalue weighted by molar-refractivity contribution is 5.56. The average molecular weight is 405 g/mol. The summed E-state index contributed by atoms with van der Waals surface area (Å²) in [7, 11) is 1.71. The Morgan fingerprint density at radius 3 is 2.33 bits per heavy atom. The summed E-state index contributed by atoms with van der Waals surface area (Å²) in [5.74, 6) is 4.15. The molecule has 1 atom stereocenters. The Kier molecular flexibility index (Phi) is 4.97. The number of anilines is 1. The third-order valence-corrected chi connectivity index (χ3v) is 5.45. The zero-order chi connectivity index (χ0) is 20.3. The fourth-order valence-electron chi connectivity index (χ4n) is 3.95. The minimum absolute atomic E-state index is 0.136. The van der Waals surface area contributed by atoms with Gasteiger partial charge in [-0.15, -0.1) is 0 Å². The minimum Gasteiger partial charge on any atom is -0.496 e.